The Morgan fingerprint density at radius 3 is 2.52 bits per heavy atom. The Hall–Kier alpha value is -2.04. The van der Waals surface area contributed by atoms with Crippen LogP contribution in [0.1, 0.15) is 39.2 Å². The second-order valence-corrected chi connectivity index (χ2v) is 5.79. The Morgan fingerprint density at radius 1 is 1.33 bits per heavy atom. The van der Waals surface area contributed by atoms with Gasteiger partial charge in [-0.05, 0) is 51.8 Å². The summed E-state index contributed by atoms with van der Waals surface area (Å²) in [6.45, 7) is 8.10. The maximum atomic E-state index is 12.4. The van der Waals surface area contributed by atoms with Crippen LogP contribution >= 0.6 is 0 Å². The Morgan fingerprint density at radius 2 is 2.00 bits per heavy atom. The summed E-state index contributed by atoms with van der Waals surface area (Å²) in [6.07, 6.45) is 0.420. The number of carbonyl (C=O) groups excluding carboxylic acids is 1. The predicted molar refractivity (Wildman–Crippen MR) is 83.7 cm³/mol. The number of hydrogen-bond donors (Lipinski definition) is 2. The maximum absolute atomic E-state index is 12.4. The molecule has 116 valence electrons. The van der Waals surface area contributed by atoms with Crippen LogP contribution in [0.15, 0.2) is 24.3 Å². The minimum Gasteiger partial charge on any atom is -0.481 e. The molecule has 1 aromatic carbocycles. The van der Waals surface area contributed by atoms with Crippen molar-refractivity contribution in [1.29, 1.82) is 0 Å². The summed E-state index contributed by atoms with van der Waals surface area (Å²) in [7, 11) is 0. The normalized spacial score (nSPS) is 11.0. The molecule has 0 spiro atoms. The molecule has 0 unspecified atom stereocenters. The number of carboxylic acids is 1. The molecule has 0 aromatic heterocycles. The van der Waals surface area contributed by atoms with Gasteiger partial charge in [0.2, 0.25) is 0 Å². The maximum Gasteiger partial charge on any atom is 0.322 e. The molecular formula is C16H24N2O3. The molecular weight excluding hydrogens is 268 g/mol. The molecule has 0 saturated carbocycles. The third-order valence-electron chi connectivity index (χ3n) is 3.28. The number of benzene rings is 1. The van der Waals surface area contributed by atoms with Gasteiger partial charge in [0.1, 0.15) is 0 Å². The fourth-order valence-corrected chi connectivity index (χ4v) is 2.08. The number of nitrogens with one attached hydrogen (secondary N) is 1. The summed E-state index contributed by atoms with van der Waals surface area (Å²) in [5.41, 5.74) is 1.36. The zero-order valence-corrected chi connectivity index (χ0v) is 13.1. The Labute approximate surface area is 126 Å². The van der Waals surface area contributed by atoms with E-state index in [4.69, 9.17) is 5.11 Å². The van der Waals surface area contributed by atoms with E-state index >= 15 is 0 Å². The van der Waals surface area contributed by atoms with Gasteiger partial charge in [-0.25, -0.2) is 4.79 Å². The molecule has 5 heteroatoms. The molecule has 0 aliphatic rings. The zero-order valence-electron chi connectivity index (χ0n) is 13.1. The fourth-order valence-electron chi connectivity index (χ4n) is 2.08. The Kier molecular flexibility index (Phi) is 5.76. The largest absolute Gasteiger partial charge is 0.481 e. The lowest BCUT2D eigenvalue weighted by Crippen LogP contribution is -2.50. The first kappa shape index (κ1) is 17.0. The minimum atomic E-state index is -0.858. The molecule has 5 nitrogen and oxygen atoms in total. The summed E-state index contributed by atoms with van der Waals surface area (Å²) in [4.78, 5) is 24.7. The lowest BCUT2D eigenvalue weighted by atomic mass is 9.99. The van der Waals surface area contributed by atoms with Gasteiger partial charge in [-0.2, -0.15) is 0 Å². The molecule has 0 heterocycles. The summed E-state index contributed by atoms with van der Waals surface area (Å²) < 4.78 is 0. The SMILES string of the molecule is CCN(C(=O)NC(C)(C)CCC(=O)O)c1cccc(C)c1. The van der Waals surface area contributed by atoms with Gasteiger partial charge in [0.25, 0.3) is 0 Å². The van der Waals surface area contributed by atoms with Crippen molar-refractivity contribution in [3.63, 3.8) is 0 Å². The molecule has 1 rings (SSSR count). The average molecular weight is 292 g/mol. The number of carboxylic acid groups (broad SMARTS) is 1. The Balaban J connectivity index is 2.77. The fraction of sp³-hybridized carbons (Fsp3) is 0.500. The van der Waals surface area contributed by atoms with Crippen LogP contribution in [0, 0.1) is 6.92 Å². The molecule has 0 aliphatic heterocycles. The van der Waals surface area contributed by atoms with E-state index < -0.39 is 11.5 Å². The second kappa shape index (κ2) is 7.11. The molecule has 1 aromatic rings. The highest BCUT2D eigenvalue weighted by atomic mass is 16.4. The van der Waals surface area contributed by atoms with E-state index in [1.165, 1.54) is 0 Å². The topological polar surface area (TPSA) is 69.6 Å². The second-order valence-electron chi connectivity index (χ2n) is 5.79. The van der Waals surface area contributed by atoms with Crippen molar-refractivity contribution < 1.29 is 14.7 Å². The number of nitrogens with zero attached hydrogens (tertiary/aromatic N) is 1. The van der Waals surface area contributed by atoms with Gasteiger partial charge in [0.15, 0.2) is 0 Å². The predicted octanol–water partition coefficient (Wildman–Crippen LogP) is 3.17. The standard InChI is InChI=1S/C16H24N2O3/c1-5-18(13-8-6-7-12(2)11-13)15(21)17-16(3,4)10-9-14(19)20/h6-8,11H,5,9-10H2,1-4H3,(H,17,21)(H,19,20). The monoisotopic (exact) mass is 292 g/mol. The average Bonchev–Trinajstić information content (AvgIpc) is 2.37. The smallest absolute Gasteiger partial charge is 0.322 e. The van der Waals surface area contributed by atoms with Crippen LogP contribution in [0.4, 0.5) is 10.5 Å². The van der Waals surface area contributed by atoms with Gasteiger partial charge in [0.05, 0.1) is 0 Å². The quantitative estimate of drug-likeness (QED) is 0.846. The van der Waals surface area contributed by atoms with E-state index in [0.717, 1.165) is 11.3 Å². The number of urea groups is 1. The number of carbonyl (C=O) groups is 2. The van der Waals surface area contributed by atoms with Crippen molar-refractivity contribution in [2.75, 3.05) is 11.4 Å². The van der Waals surface area contributed by atoms with Gasteiger partial charge in [-0.1, -0.05) is 12.1 Å². The van der Waals surface area contributed by atoms with Crippen LogP contribution in [-0.4, -0.2) is 29.2 Å². The molecule has 2 amide bonds. The van der Waals surface area contributed by atoms with Crippen LogP contribution in [0.3, 0.4) is 0 Å². The summed E-state index contributed by atoms with van der Waals surface area (Å²) in [5.74, 6) is -0.858. The van der Waals surface area contributed by atoms with Crippen LogP contribution < -0.4 is 10.2 Å². The summed E-state index contributed by atoms with van der Waals surface area (Å²) in [5, 5.41) is 11.7. The third kappa shape index (κ3) is 5.45. The van der Waals surface area contributed by atoms with Crippen LogP contribution in [-0.2, 0) is 4.79 Å². The number of rotatable bonds is 6. The van der Waals surface area contributed by atoms with Crippen molar-refractivity contribution in [1.82, 2.24) is 5.32 Å². The number of hydrogen-bond acceptors (Lipinski definition) is 2. The number of amides is 2. The van der Waals surface area contributed by atoms with Crippen molar-refractivity contribution in [2.45, 2.75) is 46.1 Å². The number of aryl methyl sites for hydroxylation is 1. The molecule has 0 saturated heterocycles. The molecule has 21 heavy (non-hydrogen) atoms. The first-order valence-corrected chi connectivity index (χ1v) is 7.13. The van der Waals surface area contributed by atoms with E-state index in [-0.39, 0.29) is 12.5 Å². The molecule has 0 bridgehead atoms. The van der Waals surface area contributed by atoms with E-state index in [2.05, 4.69) is 5.32 Å². The highest BCUT2D eigenvalue weighted by Crippen LogP contribution is 2.18. The molecule has 0 aliphatic carbocycles. The molecule has 0 atom stereocenters. The number of anilines is 1. The van der Waals surface area contributed by atoms with Gasteiger partial charge in [0, 0.05) is 24.2 Å². The van der Waals surface area contributed by atoms with Crippen LogP contribution in [0.25, 0.3) is 0 Å². The molecule has 0 fully saturated rings. The van der Waals surface area contributed by atoms with E-state index in [1.807, 2.05) is 52.0 Å². The van der Waals surface area contributed by atoms with E-state index in [0.29, 0.717) is 13.0 Å². The minimum absolute atomic E-state index is 0.0316. The zero-order chi connectivity index (χ0) is 16.0. The van der Waals surface area contributed by atoms with Gasteiger partial charge in [-0.15, -0.1) is 0 Å². The first-order valence-electron chi connectivity index (χ1n) is 7.13. The highest BCUT2D eigenvalue weighted by molar-refractivity contribution is 5.92. The van der Waals surface area contributed by atoms with E-state index in [1.54, 1.807) is 4.90 Å². The van der Waals surface area contributed by atoms with Crippen molar-refractivity contribution in [3.05, 3.63) is 29.8 Å². The first-order chi connectivity index (χ1) is 9.75. The van der Waals surface area contributed by atoms with Crippen molar-refractivity contribution >= 4 is 17.7 Å². The van der Waals surface area contributed by atoms with Crippen molar-refractivity contribution in [2.24, 2.45) is 0 Å². The van der Waals surface area contributed by atoms with Crippen molar-refractivity contribution in [3.8, 4) is 0 Å². The summed E-state index contributed by atoms with van der Waals surface area (Å²) in [6, 6.07) is 7.52. The molecule has 0 radical (unpaired) electrons. The Bertz CT molecular complexity index is 512. The summed E-state index contributed by atoms with van der Waals surface area (Å²) >= 11 is 0. The van der Waals surface area contributed by atoms with Crippen LogP contribution in [0.2, 0.25) is 0 Å². The van der Waals surface area contributed by atoms with Gasteiger partial charge >= 0.3 is 12.0 Å². The highest BCUT2D eigenvalue weighted by Gasteiger charge is 2.24. The lowest BCUT2D eigenvalue weighted by molar-refractivity contribution is -0.137. The van der Waals surface area contributed by atoms with Gasteiger partial charge in [-0.3, -0.25) is 9.69 Å². The molecule has 2 N–H and O–H groups in total. The number of aliphatic carboxylic acids is 1. The van der Waals surface area contributed by atoms with Crippen LogP contribution in [0.5, 0.6) is 0 Å². The van der Waals surface area contributed by atoms with E-state index in [9.17, 15) is 9.59 Å². The lowest BCUT2D eigenvalue weighted by Gasteiger charge is -2.30. The third-order valence-corrected chi connectivity index (χ3v) is 3.28. The van der Waals surface area contributed by atoms with Gasteiger partial charge < -0.3 is 10.4 Å².